The molecule has 136 valence electrons. The Morgan fingerprint density at radius 1 is 1.27 bits per heavy atom. The van der Waals surface area contributed by atoms with Crippen LogP contribution in [-0.2, 0) is 9.59 Å². The number of hydrogen-bond acceptors (Lipinski definition) is 3. The van der Waals surface area contributed by atoms with Crippen LogP contribution in [0.1, 0.15) is 36.3 Å². The maximum Gasteiger partial charge on any atom is 0.239 e. The number of halogens is 1. The lowest BCUT2D eigenvalue weighted by Crippen LogP contribution is -2.27. The van der Waals surface area contributed by atoms with Crippen molar-refractivity contribution in [3.05, 3.63) is 59.7 Å². The average molecular weight is 389 g/mol. The summed E-state index contributed by atoms with van der Waals surface area (Å²) in [6, 6.07) is 15.7. The van der Waals surface area contributed by atoms with Gasteiger partial charge in [0.2, 0.25) is 11.8 Å². The monoisotopic (exact) mass is 388 g/mol. The molecule has 1 aliphatic heterocycles. The minimum Gasteiger partial charge on any atom is -0.325 e. The number of benzene rings is 2. The van der Waals surface area contributed by atoms with Crippen molar-refractivity contribution >= 4 is 46.6 Å². The highest BCUT2D eigenvalue weighted by Gasteiger charge is 2.34. The Labute approximate surface area is 162 Å². The number of rotatable bonds is 5. The number of amides is 2. The molecule has 1 atom stereocenters. The smallest absolute Gasteiger partial charge is 0.239 e. The maximum atomic E-state index is 12.5. The molecule has 2 amide bonds. The Morgan fingerprint density at radius 3 is 2.65 bits per heavy atom. The van der Waals surface area contributed by atoms with Crippen LogP contribution in [0.25, 0.3) is 0 Å². The first-order valence-electron chi connectivity index (χ1n) is 8.49. The molecule has 4 nitrogen and oxygen atoms in total. The lowest BCUT2D eigenvalue weighted by Gasteiger charge is -2.25. The van der Waals surface area contributed by atoms with Crippen molar-refractivity contribution in [1.82, 2.24) is 0 Å². The zero-order chi connectivity index (χ0) is 18.7. The van der Waals surface area contributed by atoms with Crippen LogP contribution in [0.5, 0.6) is 0 Å². The second-order valence-electron chi connectivity index (χ2n) is 6.48. The van der Waals surface area contributed by atoms with Crippen LogP contribution in [0.3, 0.4) is 0 Å². The molecule has 0 unspecified atom stereocenters. The summed E-state index contributed by atoms with van der Waals surface area (Å²) in [6.07, 6.45) is 0. The molecule has 0 aromatic heterocycles. The molecule has 1 heterocycles. The summed E-state index contributed by atoms with van der Waals surface area (Å²) in [7, 11) is 0. The van der Waals surface area contributed by atoms with Crippen molar-refractivity contribution in [1.29, 1.82) is 0 Å². The van der Waals surface area contributed by atoms with Crippen molar-refractivity contribution in [2.24, 2.45) is 0 Å². The van der Waals surface area contributed by atoms with Gasteiger partial charge in [0.25, 0.3) is 0 Å². The second-order valence-corrected chi connectivity index (χ2v) is 7.82. The molecule has 0 bridgehead atoms. The van der Waals surface area contributed by atoms with E-state index >= 15 is 0 Å². The Morgan fingerprint density at radius 2 is 2.00 bits per heavy atom. The molecular formula is C20H21ClN2O2S. The van der Waals surface area contributed by atoms with Gasteiger partial charge in [-0.25, -0.2) is 0 Å². The van der Waals surface area contributed by atoms with Gasteiger partial charge in [-0.1, -0.05) is 38.1 Å². The van der Waals surface area contributed by atoms with Gasteiger partial charge in [-0.3, -0.25) is 14.5 Å². The molecule has 1 fully saturated rings. The summed E-state index contributed by atoms with van der Waals surface area (Å²) in [5.41, 5.74) is 3.80. The minimum atomic E-state index is -0.250. The van der Waals surface area contributed by atoms with Crippen molar-refractivity contribution in [3.8, 4) is 0 Å². The highest BCUT2D eigenvalue weighted by molar-refractivity contribution is 8.00. The fraction of sp³-hybridized carbons (Fsp3) is 0.300. The fourth-order valence-corrected chi connectivity index (χ4v) is 4.17. The molecule has 6 heteroatoms. The molecule has 2 aromatic carbocycles. The van der Waals surface area contributed by atoms with Crippen LogP contribution < -0.4 is 10.2 Å². The third kappa shape index (κ3) is 4.05. The first-order chi connectivity index (χ1) is 12.5. The van der Waals surface area contributed by atoms with E-state index in [-0.39, 0.29) is 23.1 Å². The first kappa shape index (κ1) is 18.8. The van der Waals surface area contributed by atoms with Gasteiger partial charge in [-0.15, -0.1) is 23.4 Å². The number of nitrogens with zero attached hydrogens (tertiary/aromatic N) is 1. The van der Waals surface area contributed by atoms with E-state index in [1.54, 1.807) is 11.8 Å². The van der Waals surface area contributed by atoms with E-state index in [2.05, 4.69) is 31.3 Å². The van der Waals surface area contributed by atoms with Crippen LogP contribution in [0.15, 0.2) is 48.5 Å². The molecule has 0 spiro atoms. The number of alkyl halides is 1. The first-order valence-corrected chi connectivity index (χ1v) is 10.1. The van der Waals surface area contributed by atoms with Crippen molar-refractivity contribution in [2.45, 2.75) is 25.1 Å². The third-order valence-electron chi connectivity index (χ3n) is 4.28. The van der Waals surface area contributed by atoms with E-state index in [0.29, 0.717) is 17.4 Å². The largest absolute Gasteiger partial charge is 0.325 e. The Kier molecular flexibility index (Phi) is 5.89. The van der Waals surface area contributed by atoms with E-state index in [9.17, 15) is 9.59 Å². The van der Waals surface area contributed by atoms with Crippen molar-refractivity contribution in [2.75, 3.05) is 21.8 Å². The predicted octanol–water partition coefficient (Wildman–Crippen LogP) is 4.77. The number of carbonyl (C=O) groups excluding carboxylic acids is 2. The van der Waals surface area contributed by atoms with Gasteiger partial charge < -0.3 is 5.32 Å². The number of thioether (sulfide) groups is 1. The number of carbonyl (C=O) groups is 2. The molecule has 1 N–H and O–H groups in total. The van der Waals surface area contributed by atoms with Crippen LogP contribution >= 0.6 is 23.4 Å². The van der Waals surface area contributed by atoms with E-state index in [0.717, 1.165) is 11.3 Å². The minimum absolute atomic E-state index is 0.0881. The lowest BCUT2D eigenvalue weighted by molar-refractivity contribution is -0.116. The van der Waals surface area contributed by atoms with Gasteiger partial charge in [0.1, 0.15) is 11.3 Å². The highest BCUT2D eigenvalue weighted by atomic mass is 35.5. The fourth-order valence-electron chi connectivity index (χ4n) is 2.93. The molecule has 26 heavy (non-hydrogen) atoms. The summed E-state index contributed by atoms with van der Waals surface area (Å²) in [6.45, 7) is 4.30. The van der Waals surface area contributed by atoms with Gasteiger partial charge in [-0.2, -0.15) is 0 Å². The quantitative estimate of drug-likeness (QED) is 0.751. The van der Waals surface area contributed by atoms with Gasteiger partial charge in [-0.05, 0) is 41.3 Å². The Bertz CT molecular complexity index is 808. The van der Waals surface area contributed by atoms with Crippen LogP contribution in [0, 0.1) is 0 Å². The molecule has 1 aliphatic rings. The molecule has 0 radical (unpaired) electrons. The van der Waals surface area contributed by atoms with Crippen LogP contribution in [0.4, 0.5) is 11.4 Å². The van der Waals surface area contributed by atoms with Crippen LogP contribution in [0.2, 0.25) is 0 Å². The maximum absolute atomic E-state index is 12.5. The summed E-state index contributed by atoms with van der Waals surface area (Å²) in [4.78, 5) is 25.9. The molecule has 0 aliphatic carbocycles. The summed E-state index contributed by atoms with van der Waals surface area (Å²) < 4.78 is 0. The molecule has 2 aromatic rings. The Hall–Kier alpha value is -1.98. The third-order valence-corrected chi connectivity index (χ3v) is 5.74. The lowest BCUT2D eigenvalue weighted by atomic mass is 10.0. The van der Waals surface area contributed by atoms with E-state index in [1.807, 2.05) is 41.3 Å². The zero-order valence-electron chi connectivity index (χ0n) is 14.7. The molecule has 3 rings (SSSR count). The predicted molar refractivity (Wildman–Crippen MR) is 109 cm³/mol. The Balaban J connectivity index is 1.88. The topological polar surface area (TPSA) is 49.4 Å². The summed E-state index contributed by atoms with van der Waals surface area (Å²) in [5.74, 6) is 0.641. The normalized spacial score (nSPS) is 17.0. The number of hydrogen-bond donors (Lipinski definition) is 1. The van der Waals surface area contributed by atoms with Crippen molar-refractivity contribution in [3.63, 3.8) is 0 Å². The second kappa shape index (κ2) is 8.14. The number of nitrogens with one attached hydrogen (secondary N) is 1. The molecular weight excluding hydrogens is 368 g/mol. The zero-order valence-corrected chi connectivity index (χ0v) is 16.3. The van der Waals surface area contributed by atoms with Crippen molar-refractivity contribution < 1.29 is 9.59 Å². The molecule has 0 saturated carbocycles. The highest BCUT2D eigenvalue weighted by Crippen LogP contribution is 2.42. The van der Waals surface area contributed by atoms with Gasteiger partial charge in [0, 0.05) is 11.4 Å². The standard InChI is InChI=1S/C20H21ClN2O2S/c1-13(2)14-6-8-17(9-7-14)23-19(25)12-26-20(23)15-4-3-5-16(10-15)22-18(24)11-21/h3-10,13,20H,11-12H2,1-2H3,(H,22,24)/t20-/m1/s1. The molecule has 1 saturated heterocycles. The van der Waals surface area contributed by atoms with Gasteiger partial charge in [0.05, 0.1) is 5.75 Å². The number of anilines is 2. The summed E-state index contributed by atoms with van der Waals surface area (Å²) in [5, 5.41) is 2.65. The van der Waals surface area contributed by atoms with E-state index in [1.165, 1.54) is 5.56 Å². The van der Waals surface area contributed by atoms with Gasteiger partial charge in [0.15, 0.2) is 0 Å². The SMILES string of the molecule is CC(C)c1ccc(N2C(=O)CS[C@@H]2c2cccc(NC(=O)CCl)c2)cc1. The van der Waals surface area contributed by atoms with E-state index in [4.69, 9.17) is 11.6 Å². The average Bonchev–Trinajstić information content (AvgIpc) is 3.03. The summed E-state index contributed by atoms with van der Waals surface area (Å²) >= 11 is 7.14. The van der Waals surface area contributed by atoms with Gasteiger partial charge >= 0.3 is 0 Å². The van der Waals surface area contributed by atoms with E-state index < -0.39 is 0 Å². The van der Waals surface area contributed by atoms with Crippen LogP contribution in [-0.4, -0.2) is 23.4 Å².